The Labute approximate surface area is 143 Å². The second-order valence-electron chi connectivity index (χ2n) is 4.54. The van der Waals surface area contributed by atoms with Gasteiger partial charge in [0.05, 0.1) is 18.7 Å². The third-order valence-electron chi connectivity index (χ3n) is 2.97. The number of benzene rings is 1. The summed E-state index contributed by atoms with van der Waals surface area (Å²) in [5.41, 5.74) is 1.74. The molecule has 0 saturated carbocycles. The number of pyridine rings is 1. The molecule has 2 rings (SSSR count). The number of methoxy groups -OCH3 is 2. The van der Waals surface area contributed by atoms with Crippen LogP contribution in [0.4, 0.5) is 0 Å². The highest BCUT2D eigenvalue weighted by Crippen LogP contribution is 2.37. The van der Waals surface area contributed by atoms with E-state index in [-0.39, 0.29) is 0 Å². The molecule has 6 heteroatoms. The van der Waals surface area contributed by atoms with Crippen LogP contribution in [0.5, 0.6) is 11.5 Å². The quantitative estimate of drug-likeness (QED) is 0.568. The fourth-order valence-corrected chi connectivity index (χ4v) is 2.42. The summed E-state index contributed by atoms with van der Waals surface area (Å²) in [6, 6.07) is 7.40. The molecular weight excluding hydrogens is 362 g/mol. The van der Waals surface area contributed by atoms with Crippen LogP contribution >= 0.6 is 15.9 Å². The molecule has 0 N–H and O–H groups in total. The molecule has 1 aromatic carbocycles. The average Bonchev–Trinajstić information content (AvgIpc) is 2.59. The number of esters is 1. The van der Waals surface area contributed by atoms with E-state index in [2.05, 4.69) is 25.7 Å². The van der Waals surface area contributed by atoms with Crippen molar-refractivity contribution in [2.45, 2.75) is 6.61 Å². The normalized spacial score (nSPS) is 10.6. The first-order valence-electron chi connectivity index (χ1n) is 6.79. The molecular formula is C17H16BrNO4. The standard InChI is InChI=1S/C17H16BrNO4/c1-21-15-9-12(5-6-16(20)22-2)8-14(18)17(15)23-11-13-4-3-7-19-10-13/h3-10H,11H2,1-2H3/b6-5+. The van der Waals surface area contributed by atoms with Gasteiger partial charge in [0.2, 0.25) is 0 Å². The highest BCUT2D eigenvalue weighted by Gasteiger charge is 2.11. The van der Waals surface area contributed by atoms with Crippen molar-refractivity contribution in [1.29, 1.82) is 0 Å². The van der Waals surface area contributed by atoms with Gasteiger partial charge in [-0.15, -0.1) is 0 Å². The van der Waals surface area contributed by atoms with Crippen LogP contribution in [0.2, 0.25) is 0 Å². The maximum absolute atomic E-state index is 11.2. The van der Waals surface area contributed by atoms with E-state index >= 15 is 0 Å². The number of carbonyl (C=O) groups excluding carboxylic acids is 1. The minimum Gasteiger partial charge on any atom is -0.493 e. The molecule has 0 unspecified atom stereocenters. The first-order chi connectivity index (χ1) is 11.1. The van der Waals surface area contributed by atoms with Gasteiger partial charge in [-0.3, -0.25) is 4.98 Å². The number of halogens is 1. The molecule has 0 atom stereocenters. The van der Waals surface area contributed by atoms with Crippen molar-refractivity contribution >= 4 is 28.0 Å². The fraction of sp³-hybridized carbons (Fsp3) is 0.176. The monoisotopic (exact) mass is 377 g/mol. The van der Waals surface area contributed by atoms with E-state index in [9.17, 15) is 4.79 Å². The summed E-state index contributed by atoms with van der Waals surface area (Å²) >= 11 is 3.47. The van der Waals surface area contributed by atoms with E-state index in [0.29, 0.717) is 18.1 Å². The number of ether oxygens (including phenoxy) is 3. The molecule has 0 saturated heterocycles. The zero-order valence-corrected chi connectivity index (χ0v) is 14.4. The molecule has 0 fully saturated rings. The number of carbonyl (C=O) groups is 1. The van der Waals surface area contributed by atoms with Crippen molar-refractivity contribution in [3.63, 3.8) is 0 Å². The lowest BCUT2D eigenvalue weighted by Crippen LogP contribution is -1.99. The Morgan fingerprint density at radius 2 is 2.17 bits per heavy atom. The van der Waals surface area contributed by atoms with Gasteiger partial charge < -0.3 is 14.2 Å². The van der Waals surface area contributed by atoms with Crippen LogP contribution in [0.25, 0.3) is 6.08 Å². The summed E-state index contributed by atoms with van der Waals surface area (Å²) in [6.45, 7) is 0.375. The molecule has 1 heterocycles. The lowest BCUT2D eigenvalue weighted by molar-refractivity contribution is -0.134. The van der Waals surface area contributed by atoms with E-state index in [4.69, 9.17) is 9.47 Å². The van der Waals surface area contributed by atoms with E-state index in [1.807, 2.05) is 18.2 Å². The number of hydrogen-bond donors (Lipinski definition) is 0. The summed E-state index contributed by atoms with van der Waals surface area (Å²) in [5, 5.41) is 0. The van der Waals surface area contributed by atoms with Crippen LogP contribution in [0, 0.1) is 0 Å². The Morgan fingerprint density at radius 1 is 1.35 bits per heavy atom. The highest BCUT2D eigenvalue weighted by atomic mass is 79.9. The fourth-order valence-electron chi connectivity index (χ4n) is 1.85. The van der Waals surface area contributed by atoms with Gasteiger partial charge in [0.1, 0.15) is 6.61 Å². The number of hydrogen-bond acceptors (Lipinski definition) is 5. The Kier molecular flexibility index (Phi) is 6.17. The van der Waals surface area contributed by atoms with Gasteiger partial charge in [0.25, 0.3) is 0 Å². The van der Waals surface area contributed by atoms with Gasteiger partial charge in [0.15, 0.2) is 11.5 Å². The molecule has 0 aliphatic rings. The smallest absolute Gasteiger partial charge is 0.330 e. The van der Waals surface area contributed by atoms with Gasteiger partial charge in [-0.2, -0.15) is 0 Å². The molecule has 0 spiro atoms. The van der Waals surface area contributed by atoms with Gasteiger partial charge >= 0.3 is 5.97 Å². The van der Waals surface area contributed by atoms with Crippen molar-refractivity contribution in [2.24, 2.45) is 0 Å². The molecule has 2 aromatic rings. The summed E-state index contributed by atoms with van der Waals surface area (Å²) in [5.74, 6) is 0.733. The first-order valence-corrected chi connectivity index (χ1v) is 7.58. The SMILES string of the molecule is COC(=O)/C=C/c1cc(Br)c(OCc2cccnc2)c(OC)c1. The summed E-state index contributed by atoms with van der Waals surface area (Å²) < 4.78 is 16.5. The molecule has 0 radical (unpaired) electrons. The van der Waals surface area contributed by atoms with Gasteiger partial charge in [-0.05, 0) is 45.8 Å². The van der Waals surface area contributed by atoms with Gasteiger partial charge in [0, 0.05) is 24.0 Å². The van der Waals surface area contributed by atoms with Crippen LogP contribution in [0.15, 0.2) is 47.2 Å². The zero-order chi connectivity index (χ0) is 16.7. The third kappa shape index (κ3) is 4.82. The van der Waals surface area contributed by atoms with E-state index < -0.39 is 5.97 Å². The van der Waals surface area contributed by atoms with E-state index in [0.717, 1.165) is 15.6 Å². The van der Waals surface area contributed by atoms with Gasteiger partial charge in [-0.1, -0.05) is 6.07 Å². The van der Waals surface area contributed by atoms with E-state index in [1.165, 1.54) is 13.2 Å². The average molecular weight is 378 g/mol. The van der Waals surface area contributed by atoms with Gasteiger partial charge in [-0.25, -0.2) is 4.79 Å². The summed E-state index contributed by atoms with van der Waals surface area (Å²) in [4.78, 5) is 15.2. The number of rotatable bonds is 6. The van der Waals surface area contributed by atoms with Crippen LogP contribution in [-0.4, -0.2) is 25.2 Å². The maximum Gasteiger partial charge on any atom is 0.330 e. The van der Waals surface area contributed by atoms with Crippen molar-refractivity contribution in [1.82, 2.24) is 4.98 Å². The van der Waals surface area contributed by atoms with Crippen molar-refractivity contribution < 1.29 is 19.0 Å². The predicted molar refractivity (Wildman–Crippen MR) is 90.3 cm³/mol. The first kappa shape index (κ1) is 17.0. The Bertz CT molecular complexity index is 701. The second-order valence-corrected chi connectivity index (χ2v) is 5.39. The minimum atomic E-state index is -0.419. The molecule has 23 heavy (non-hydrogen) atoms. The van der Waals surface area contributed by atoms with Crippen molar-refractivity contribution in [3.8, 4) is 11.5 Å². The molecule has 0 bridgehead atoms. The number of nitrogens with zero attached hydrogens (tertiary/aromatic N) is 1. The molecule has 120 valence electrons. The Balaban J connectivity index is 2.19. The van der Waals surface area contributed by atoms with Crippen molar-refractivity contribution in [3.05, 3.63) is 58.3 Å². The molecule has 0 aliphatic carbocycles. The Hall–Kier alpha value is -2.34. The third-order valence-corrected chi connectivity index (χ3v) is 3.56. The second kappa shape index (κ2) is 8.33. The Morgan fingerprint density at radius 3 is 2.83 bits per heavy atom. The highest BCUT2D eigenvalue weighted by molar-refractivity contribution is 9.10. The van der Waals surface area contributed by atoms with Crippen LogP contribution in [0.3, 0.4) is 0 Å². The minimum absolute atomic E-state index is 0.375. The van der Waals surface area contributed by atoms with Crippen molar-refractivity contribution in [2.75, 3.05) is 14.2 Å². The molecule has 5 nitrogen and oxygen atoms in total. The summed E-state index contributed by atoms with van der Waals surface area (Å²) in [6.07, 6.45) is 6.44. The summed E-state index contributed by atoms with van der Waals surface area (Å²) in [7, 11) is 2.89. The number of aromatic nitrogens is 1. The lowest BCUT2D eigenvalue weighted by Gasteiger charge is -2.13. The lowest BCUT2D eigenvalue weighted by atomic mass is 10.2. The molecule has 1 aromatic heterocycles. The maximum atomic E-state index is 11.2. The molecule has 0 amide bonds. The molecule has 0 aliphatic heterocycles. The largest absolute Gasteiger partial charge is 0.493 e. The zero-order valence-electron chi connectivity index (χ0n) is 12.8. The van der Waals surface area contributed by atoms with Crippen LogP contribution in [-0.2, 0) is 16.1 Å². The van der Waals surface area contributed by atoms with E-state index in [1.54, 1.807) is 31.6 Å². The van der Waals surface area contributed by atoms with Crippen LogP contribution < -0.4 is 9.47 Å². The predicted octanol–water partition coefficient (Wildman–Crippen LogP) is 3.62. The topological polar surface area (TPSA) is 57.7 Å². The van der Waals surface area contributed by atoms with Crippen LogP contribution in [0.1, 0.15) is 11.1 Å².